The molecule has 1 saturated heterocycles. The molecule has 0 amide bonds. The van der Waals surface area contributed by atoms with Crippen molar-refractivity contribution in [3.05, 3.63) is 34.9 Å². The summed E-state index contributed by atoms with van der Waals surface area (Å²) in [7, 11) is 2.10. The van der Waals surface area contributed by atoms with Crippen LogP contribution in [-0.4, -0.2) is 46.3 Å². The molecule has 1 aliphatic heterocycles. The van der Waals surface area contributed by atoms with E-state index in [9.17, 15) is 15.0 Å². The Morgan fingerprint density at radius 2 is 2.14 bits per heavy atom. The highest BCUT2D eigenvalue weighted by Gasteiger charge is 2.64. The summed E-state index contributed by atoms with van der Waals surface area (Å²) in [6.07, 6.45) is 4.58. The average molecular weight is 287 g/mol. The lowest BCUT2D eigenvalue weighted by Crippen LogP contribution is -2.68. The summed E-state index contributed by atoms with van der Waals surface area (Å²) < 4.78 is 0. The number of aliphatic hydroxyl groups is 1. The van der Waals surface area contributed by atoms with Crippen molar-refractivity contribution in [1.82, 2.24) is 4.90 Å². The number of rotatable bonds is 1. The van der Waals surface area contributed by atoms with Crippen LogP contribution in [0.5, 0.6) is 0 Å². The second-order valence-corrected chi connectivity index (χ2v) is 6.99. The summed E-state index contributed by atoms with van der Waals surface area (Å²) >= 11 is 0. The van der Waals surface area contributed by atoms with Crippen molar-refractivity contribution in [2.75, 3.05) is 13.6 Å². The number of piperidine rings is 1. The molecule has 2 N–H and O–H groups in total. The van der Waals surface area contributed by atoms with Gasteiger partial charge in [0.15, 0.2) is 0 Å². The first-order valence-electron chi connectivity index (χ1n) is 7.77. The lowest BCUT2D eigenvalue weighted by atomic mass is 9.56. The van der Waals surface area contributed by atoms with Gasteiger partial charge < -0.3 is 15.1 Å². The minimum atomic E-state index is -0.884. The van der Waals surface area contributed by atoms with Gasteiger partial charge in [0.25, 0.3) is 0 Å². The third kappa shape index (κ3) is 1.49. The van der Waals surface area contributed by atoms with Crippen molar-refractivity contribution in [2.45, 2.75) is 49.2 Å². The normalized spacial score (nSPS) is 37.9. The topological polar surface area (TPSA) is 60.8 Å². The number of carboxylic acids is 1. The Hall–Kier alpha value is -1.39. The Labute approximate surface area is 124 Å². The van der Waals surface area contributed by atoms with E-state index in [2.05, 4.69) is 11.9 Å². The van der Waals surface area contributed by atoms with Gasteiger partial charge in [0.05, 0.1) is 11.2 Å². The minimum absolute atomic E-state index is 0.164. The highest BCUT2D eigenvalue weighted by molar-refractivity contribution is 5.88. The van der Waals surface area contributed by atoms with Gasteiger partial charge in [-0.1, -0.05) is 6.07 Å². The number of hydrogen-bond donors (Lipinski definition) is 2. The van der Waals surface area contributed by atoms with Crippen molar-refractivity contribution in [1.29, 1.82) is 0 Å². The molecule has 1 aromatic rings. The lowest BCUT2D eigenvalue weighted by molar-refractivity contribution is -0.123. The quantitative estimate of drug-likeness (QED) is 0.827. The molecule has 1 heterocycles. The molecule has 3 aliphatic rings. The Morgan fingerprint density at radius 1 is 1.33 bits per heavy atom. The molecule has 4 heteroatoms. The third-order valence-electron chi connectivity index (χ3n) is 6.25. The molecule has 1 saturated carbocycles. The molecule has 0 spiro atoms. The first-order chi connectivity index (χ1) is 9.98. The molecule has 1 unspecified atom stereocenters. The van der Waals surface area contributed by atoms with Crippen LogP contribution >= 0.6 is 0 Å². The van der Waals surface area contributed by atoms with E-state index in [-0.39, 0.29) is 11.5 Å². The first-order valence-corrected chi connectivity index (χ1v) is 7.77. The van der Waals surface area contributed by atoms with Gasteiger partial charge in [-0.3, -0.25) is 0 Å². The Bertz CT molecular complexity index is 628. The smallest absolute Gasteiger partial charge is 0.335 e. The summed E-state index contributed by atoms with van der Waals surface area (Å²) in [6.45, 7) is 0.976. The van der Waals surface area contributed by atoms with Gasteiger partial charge in [0.2, 0.25) is 0 Å². The lowest BCUT2D eigenvalue weighted by Gasteiger charge is -2.58. The van der Waals surface area contributed by atoms with E-state index in [0.29, 0.717) is 5.56 Å². The number of benzene rings is 1. The number of hydrogen-bond acceptors (Lipinski definition) is 3. The molecule has 2 aliphatic carbocycles. The molecule has 1 aromatic carbocycles. The predicted octanol–water partition coefficient (Wildman–Crippen LogP) is 1.80. The van der Waals surface area contributed by atoms with Crippen LogP contribution in [-0.2, 0) is 11.8 Å². The van der Waals surface area contributed by atoms with Gasteiger partial charge in [-0.2, -0.15) is 0 Å². The van der Waals surface area contributed by atoms with Crippen LogP contribution in [0.2, 0.25) is 0 Å². The van der Waals surface area contributed by atoms with Gasteiger partial charge in [-0.25, -0.2) is 4.79 Å². The predicted molar refractivity (Wildman–Crippen MR) is 78.6 cm³/mol. The van der Waals surface area contributed by atoms with Crippen LogP contribution in [0.25, 0.3) is 0 Å². The molecular weight excluding hydrogens is 266 g/mol. The Kier molecular flexibility index (Phi) is 2.58. The van der Waals surface area contributed by atoms with Gasteiger partial charge >= 0.3 is 5.97 Å². The summed E-state index contributed by atoms with van der Waals surface area (Å²) in [5.74, 6) is -0.884. The van der Waals surface area contributed by atoms with E-state index in [0.717, 1.165) is 44.2 Å². The number of fused-ring (bicyclic) bond motifs is 1. The van der Waals surface area contributed by atoms with Gasteiger partial charge in [-0.15, -0.1) is 0 Å². The zero-order valence-corrected chi connectivity index (χ0v) is 12.3. The number of likely N-dealkylation sites (tertiary alicyclic amines) is 1. The first kappa shape index (κ1) is 13.3. The van der Waals surface area contributed by atoms with Gasteiger partial charge in [-0.05, 0) is 69.0 Å². The van der Waals surface area contributed by atoms with Crippen molar-refractivity contribution in [3.63, 3.8) is 0 Å². The fourth-order valence-corrected chi connectivity index (χ4v) is 5.20. The molecule has 112 valence electrons. The molecule has 2 bridgehead atoms. The number of carboxylic acid groups (broad SMARTS) is 1. The Morgan fingerprint density at radius 3 is 2.90 bits per heavy atom. The van der Waals surface area contributed by atoms with Crippen molar-refractivity contribution < 1.29 is 15.0 Å². The van der Waals surface area contributed by atoms with Crippen LogP contribution in [0.3, 0.4) is 0 Å². The molecule has 0 radical (unpaired) electrons. The summed E-state index contributed by atoms with van der Waals surface area (Å²) in [4.78, 5) is 13.6. The fraction of sp³-hybridized carbons (Fsp3) is 0.588. The molecule has 4 rings (SSSR count). The van der Waals surface area contributed by atoms with E-state index < -0.39 is 11.6 Å². The maximum atomic E-state index is 11.4. The SMILES string of the molecule is CN1CCC23CCC[C@@]2(O)[C@H]1Cc1ccc(C(=O)O)cc13. The number of likely N-dealkylation sites (N-methyl/N-ethyl adjacent to an activating group) is 1. The molecule has 4 nitrogen and oxygen atoms in total. The van der Waals surface area contributed by atoms with Crippen LogP contribution in [0.1, 0.15) is 47.2 Å². The molecule has 0 aromatic heterocycles. The highest BCUT2D eigenvalue weighted by Crippen LogP contribution is 2.59. The number of aromatic carboxylic acids is 1. The number of carbonyl (C=O) groups is 1. The van der Waals surface area contributed by atoms with Crippen LogP contribution in [0.4, 0.5) is 0 Å². The van der Waals surface area contributed by atoms with E-state index >= 15 is 0 Å². The molecule has 21 heavy (non-hydrogen) atoms. The average Bonchev–Trinajstić information content (AvgIpc) is 2.82. The standard InChI is InChI=1S/C17H21NO3/c1-18-8-7-16-5-2-6-17(16,21)14(18)10-11-3-4-12(15(19)20)9-13(11)16/h3-4,9,14,21H,2,5-8,10H2,1H3,(H,19,20)/t14-,16?,17-/m1/s1. The van der Waals surface area contributed by atoms with Crippen LogP contribution < -0.4 is 0 Å². The fourth-order valence-electron chi connectivity index (χ4n) is 5.20. The second kappa shape index (κ2) is 4.08. The van der Waals surface area contributed by atoms with E-state index in [1.54, 1.807) is 6.07 Å². The minimum Gasteiger partial charge on any atom is -0.478 e. The maximum absolute atomic E-state index is 11.4. The van der Waals surface area contributed by atoms with Gasteiger partial charge in [0, 0.05) is 11.5 Å². The highest BCUT2D eigenvalue weighted by atomic mass is 16.4. The van der Waals surface area contributed by atoms with Crippen molar-refractivity contribution in [2.24, 2.45) is 0 Å². The second-order valence-electron chi connectivity index (χ2n) is 6.99. The zero-order valence-electron chi connectivity index (χ0n) is 12.3. The maximum Gasteiger partial charge on any atom is 0.335 e. The van der Waals surface area contributed by atoms with Crippen molar-refractivity contribution in [3.8, 4) is 0 Å². The van der Waals surface area contributed by atoms with Crippen molar-refractivity contribution >= 4 is 5.97 Å². The Balaban J connectivity index is 1.95. The molecule has 3 atom stereocenters. The van der Waals surface area contributed by atoms with Gasteiger partial charge in [0.1, 0.15) is 0 Å². The molecule has 2 fully saturated rings. The summed E-state index contributed by atoms with van der Waals surface area (Å²) in [5, 5.41) is 20.7. The van der Waals surface area contributed by atoms with Crippen LogP contribution in [0, 0.1) is 0 Å². The largest absolute Gasteiger partial charge is 0.478 e. The monoisotopic (exact) mass is 287 g/mol. The zero-order chi connectivity index (χ0) is 14.8. The van der Waals surface area contributed by atoms with Crippen LogP contribution in [0.15, 0.2) is 18.2 Å². The van der Waals surface area contributed by atoms with E-state index in [4.69, 9.17) is 0 Å². The van der Waals surface area contributed by atoms with E-state index in [1.807, 2.05) is 12.1 Å². The third-order valence-corrected chi connectivity index (χ3v) is 6.25. The summed E-state index contributed by atoms with van der Waals surface area (Å²) in [6, 6.07) is 5.66. The van der Waals surface area contributed by atoms with E-state index in [1.165, 1.54) is 5.56 Å². The summed E-state index contributed by atoms with van der Waals surface area (Å²) in [5.41, 5.74) is 1.75. The number of nitrogens with zero attached hydrogens (tertiary/aromatic N) is 1. The molecular formula is C17H21NO3.